The van der Waals surface area contributed by atoms with Gasteiger partial charge in [-0.1, -0.05) is 6.07 Å². The predicted molar refractivity (Wildman–Crippen MR) is 94.7 cm³/mol. The van der Waals surface area contributed by atoms with Crippen LogP contribution in [-0.4, -0.2) is 23.1 Å². The van der Waals surface area contributed by atoms with Gasteiger partial charge in [0.1, 0.15) is 0 Å². The number of nitrogens with zero attached hydrogens (tertiary/aromatic N) is 2. The fourth-order valence-corrected chi connectivity index (χ4v) is 3.44. The molecule has 0 saturated heterocycles. The molecular weight excluding hydrogens is 296 g/mol. The molecule has 0 radical (unpaired) electrons. The fraction of sp³-hybridized carbons (Fsp3) is 0.300. The number of hydrogen-bond donors (Lipinski definition) is 2. The first kappa shape index (κ1) is 14.9. The van der Waals surface area contributed by atoms with Crippen LogP contribution in [0.5, 0.6) is 0 Å². The zero-order chi connectivity index (χ0) is 16.4. The van der Waals surface area contributed by atoms with Crippen molar-refractivity contribution in [3.8, 4) is 6.07 Å². The Hall–Kier alpha value is -2.64. The van der Waals surface area contributed by atoms with E-state index in [1.807, 2.05) is 36.7 Å². The fourth-order valence-electron chi connectivity index (χ4n) is 3.44. The smallest absolute Gasteiger partial charge is 0.0991 e. The number of aromatic amines is 1. The van der Waals surface area contributed by atoms with Crippen LogP contribution in [0.25, 0.3) is 10.9 Å². The molecule has 2 aromatic heterocycles. The van der Waals surface area contributed by atoms with Crippen LogP contribution in [0.2, 0.25) is 0 Å². The molecule has 2 N–H and O–H groups in total. The molecule has 0 unspecified atom stereocenters. The lowest BCUT2D eigenvalue weighted by molar-refractivity contribution is 0.627. The number of H-pyrrole nitrogens is 1. The maximum Gasteiger partial charge on any atom is 0.0991 e. The maximum atomic E-state index is 9.09. The van der Waals surface area contributed by atoms with Gasteiger partial charge in [-0.05, 0) is 73.2 Å². The van der Waals surface area contributed by atoms with Crippen molar-refractivity contribution >= 4 is 10.9 Å². The highest BCUT2D eigenvalue weighted by molar-refractivity contribution is 5.85. The molecule has 1 aliphatic rings. The van der Waals surface area contributed by atoms with Gasteiger partial charge in [-0.15, -0.1) is 0 Å². The van der Waals surface area contributed by atoms with E-state index in [9.17, 15) is 0 Å². The summed E-state index contributed by atoms with van der Waals surface area (Å²) in [6.45, 7) is 2.04. The second-order valence-corrected chi connectivity index (χ2v) is 6.53. The van der Waals surface area contributed by atoms with Gasteiger partial charge in [-0.25, -0.2) is 0 Å². The quantitative estimate of drug-likeness (QED) is 0.685. The van der Waals surface area contributed by atoms with Crippen LogP contribution in [0.15, 0.2) is 48.9 Å². The maximum absolute atomic E-state index is 9.09. The molecule has 2 atom stereocenters. The largest absolute Gasteiger partial charge is 0.361 e. The SMILES string of the molecule is N#Cc1ccc2[nH]cc([C@@H]3C[C@H]3CNCCc3cccnc3)c2c1. The standard InChI is InChI=1S/C20H20N4/c21-10-15-3-4-20-18(8-15)19(13-24-20)17-9-16(17)12-23-7-5-14-2-1-6-22-11-14/h1-4,6,8,11,13,16-17,23-24H,5,7,9,12H2/t16-,17+/m0/s1. The van der Waals surface area contributed by atoms with Gasteiger partial charge in [0.15, 0.2) is 0 Å². The summed E-state index contributed by atoms with van der Waals surface area (Å²) in [4.78, 5) is 7.48. The van der Waals surface area contributed by atoms with Crippen molar-refractivity contribution in [1.82, 2.24) is 15.3 Å². The number of fused-ring (bicyclic) bond motifs is 1. The topological polar surface area (TPSA) is 64.5 Å². The summed E-state index contributed by atoms with van der Waals surface area (Å²) < 4.78 is 0. The molecule has 4 rings (SSSR count). The summed E-state index contributed by atoms with van der Waals surface area (Å²) in [5.41, 5.74) is 4.49. The molecule has 0 aliphatic heterocycles. The van der Waals surface area contributed by atoms with E-state index >= 15 is 0 Å². The third-order valence-corrected chi connectivity index (χ3v) is 4.88. The Morgan fingerprint density at radius 3 is 3.12 bits per heavy atom. The monoisotopic (exact) mass is 316 g/mol. The van der Waals surface area contributed by atoms with E-state index < -0.39 is 0 Å². The van der Waals surface area contributed by atoms with Crippen molar-refractivity contribution in [2.45, 2.75) is 18.8 Å². The Morgan fingerprint density at radius 2 is 2.29 bits per heavy atom. The molecular formula is C20H20N4. The molecule has 1 aromatic carbocycles. The Labute approximate surface area is 141 Å². The van der Waals surface area contributed by atoms with Crippen molar-refractivity contribution in [1.29, 1.82) is 5.26 Å². The molecule has 2 heterocycles. The average molecular weight is 316 g/mol. The highest BCUT2D eigenvalue weighted by Crippen LogP contribution is 2.49. The number of benzene rings is 1. The number of nitrogens with one attached hydrogen (secondary N) is 2. The number of pyridine rings is 1. The third-order valence-electron chi connectivity index (χ3n) is 4.88. The summed E-state index contributed by atoms with van der Waals surface area (Å²) in [5.74, 6) is 1.31. The summed E-state index contributed by atoms with van der Waals surface area (Å²) >= 11 is 0. The minimum absolute atomic E-state index is 0.610. The van der Waals surface area contributed by atoms with Crippen LogP contribution >= 0.6 is 0 Å². The lowest BCUT2D eigenvalue weighted by Crippen LogP contribution is -2.20. The first-order valence-electron chi connectivity index (χ1n) is 8.46. The van der Waals surface area contributed by atoms with Gasteiger partial charge in [0.05, 0.1) is 11.6 Å². The summed E-state index contributed by atoms with van der Waals surface area (Å²) in [7, 11) is 0. The van der Waals surface area contributed by atoms with Crippen LogP contribution < -0.4 is 5.32 Å². The number of nitriles is 1. The zero-order valence-corrected chi connectivity index (χ0v) is 13.5. The van der Waals surface area contributed by atoms with Crippen molar-refractivity contribution in [2.75, 3.05) is 13.1 Å². The molecule has 0 bridgehead atoms. The molecule has 0 spiro atoms. The molecule has 0 amide bonds. The molecule has 120 valence electrons. The minimum Gasteiger partial charge on any atom is -0.361 e. The van der Waals surface area contributed by atoms with E-state index in [0.717, 1.165) is 30.6 Å². The summed E-state index contributed by atoms with van der Waals surface area (Å²) in [6.07, 6.45) is 8.10. The van der Waals surface area contributed by atoms with Gasteiger partial charge < -0.3 is 10.3 Å². The molecule has 4 nitrogen and oxygen atoms in total. The molecule has 3 aromatic rings. The second-order valence-electron chi connectivity index (χ2n) is 6.53. The highest BCUT2D eigenvalue weighted by Gasteiger charge is 2.39. The van der Waals surface area contributed by atoms with Crippen LogP contribution in [0.1, 0.15) is 29.0 Å². The number of hydrogen-bond acceptors (Lipinski definition) is 3. The average Bonchev–Trinajstić information content (AvgIpc) is 3.28. The Kier molecular flexibility index (Phi) is 4.02. The van der Waals surface area contributed by atoms with Crippen LogP contribution in [0.4, 0.5) is 0 Å². The second kappa shape index (κ2) is 6.46. The van der Waals surface area contributed by atoms with E-state index in [1.54, 1.807) is 0 Å². The van der Waals surface area contributed by atoms with Gasteiger partial charge in [0.25, 0.3) is 0 Å². The Bertz CT molecular complexity index is 876. The zero-order valence-electron chi connectivity index (χ0n) is 13.5. The van der Waals surface area contributed by atoms with Crippen LogP contribution in [0.3, 0.4) is 0 Å². The molecule has 1 fully saturated rings. The van der Waals surface area contributed by atoms with Crippen molar-refractivity contribution < 1.29 is 0 Å². The first-order valence-corrected chi connectivity index (χ1v) is 8.46. The number of rotatable bonds is 6. The van der Waals surface area contributed by atoms with Gasteiger partial charge in [-0.2, -0.15) is 5.26 Å². The van der Waals surface area contributed by atoms with Gasteiger partial charge in [-0.3, -0.25) is 4.98 Å². The number of aromatic nitrogens is 2. The summed E-state index contributed by atoms with van der Waals surface area (Å²) in [5, 5.41) is 13.9. The first-order chi connectivity index (χ1) is 11.8. The van der Waals surface area contributed by atoms with Gasteiger partial charge in [0, 0.05) is 29.5 Å². The Morgan fingerprint density at radius 1 is 1.33 bits per heavy atom. The van der Waals surface area contributed by atoms with E-state index in [-0.39, 0.29) is 0 Å². The minimum atomic E-state index is 0.610. The predicted octanol–water partition coefficient (Wildman–Crippen LogP) is 3.37. The molecule has 1 aliphatic carbocycles. The highest BCUT2D eigenvalue weighted by atomic mass is 14.9. The van der Waals surface area contributed by atoms with E-state index in [4.69, 9.17) is 5.26 Å². The molecule has 24 heavy (non-hydrogen) atoms. The summed E-state index contributed by atoms with van der Waals surface area (Å²) in [6, 6.07) is 12.2. The lowest BCUT2D eigenvalue weighted by Gasteiger charge is -2.04. The van der Waals surface area contributed by atoms with Crippen molar-refractivity contribution in [2.24, 2.45) is 5.92 Å². The van der Waals surface area contributed by atoms with Gasteiger partial charge in [0.2, 0.25) is 0 Å². The molecule has 1 saturated carbocycles. The Balaban J connectivity index is 1.33. The van der Waals surface area contributed by atoms with E-state index in [0.29, 0.717) is 11.8 Å². The third kappa shape index (κ3) is 3.04. The van der Waals surface area contributed by atoms with Gasteiger partial charge >= 0.3 is 0 Å². The van der Waals surface area contributed by atoms with Crippen LogP contribution in [-0.2, 0) is 6.42 Å². The molecule has 4 heteroatoms. The lowest BCUT2D eigenvalue weighted by atomic mass is 10.1. The van der Waals surface area contributed by atoms with Crippen molar-refractivity contribution in [3.63, 3.8) is 0 Å². The van der Waals surface area contributed by atoms with E-state index in [2.05, 4.69) is 33.6 Å². The van der Waals surface area contributed by atoms with E-state index in [1.165, 1.54) is 22.9 Å². The van der Waals surface area contributed by atoms with Crippen LogP contribution in [0, 0.1) is 17.2 Å². The normalized spacial score (nSPS) is 19.3. The van der Waals surface area contributed by atoms with Crippen molar-refractivity contribution in [3.05, 3.63) is 65.6 Å².